The Kier molecular flexibility index (Phi) is 8.80. The van der Waals surface area contributed by atoms with Crippen molar-refractivity contribution in [1.29, 1.82) is 0 Å². The number of halogens is 3. The first-order valence-corrected chi connectivity index (χ1v) is 13.4. The van der Waals surface area contributed by atoms with Crippen LogP contribution in [0.2, 0.25) is 0 Å². The maximum Gasteiger partial charge on any atom is 0.419 e. The van der Waals surface area contributed by atoms with Gasteiger partial charge >= 0.3 is 12.3 Å². The highest BCUT2D eigenvalue weighted by atomic mass is 19.4. The molecule has 0 saturated heterocycles. The monoisotopic (exact) mass is 556 g/mol. The molecule has 3 aromatic rings. The molecule has 0 spiro atoms. The van der Waals surface area contributed by atoms with Crippen molar-refractivity contribution in [1.82, 2.24) is 19.9 Å². The third-order valence-corrected chi connectivity index (χ3v) is 6.87. The van der Waals surface area contributed by atoms with E-state index < -0.39 is 17.8 Å². The predicted octanol–water partition coefficient (Wildman–Crippen LogP) is 6.47. The van der Waals surface area contributed by atoms with Crippen LogP contribution in [-0.4, -0.2) is 58.2 Å². The fourth-order valence-corrected chi connectivity index (χ4v) is 4.45. The Bertz CT molecular complexity index is 1320. The summed E-state index contributed by atoms with van der Waals surface area (Å²) in [6.07, 6.45) is -0.371. The number of hydrogen-bond donors (Lipinski definition) is 2. The van der Waals surface area contributed by atoms with Crippen molar-refractivity contribution >= 4 is 23.4 Å². The molecule has 1 amide bonds. The lowest BCUT2D eigenvalue weighted by molar-refractivity contribution is -0.137. The summed E-state index contributed by atoms with van der Waals surface area (Å²) in [6.45, 7) is 4.91. The van der Waals surface area contributed by atoms with Crippen molar-refractivity contribution < 1.29 is 23.1 Å². The largest absolute Gasteiger partial charge is 0.465 e. The van der Waals surface area contributed by atoms with E-state index in [4.69, 9.17) is 15.1 Å². The molecule has 0 unspecified atom stereocenters. The molecule has 2 aliphatic rings. The number of carbonyl (C=O) groups is 1. The number of alkyl halides is 3. The summed E-state index contributed by atoms with van der Waals surface area (Å²) in [5.74, 6) is 2.28. The molecular weight excluding hydrogens is 521 g/mol. The van der Waals surface area contributed by atoms with Crippen LogP contribution in [0.15, 0.2) is 42.6 Å². The SMILES string of the molecule is CC(C)c1nc2c(c(Nc3ccc(C4CC4)cc3)n1)CCN(c1ncccc1C(F)(F)F)CC2.CN(C)C(=O)O. The number of aromatic nitrogens is 3. The number of rotatable bonds is 5. The van der Waals surface area contributed by atoms with E-state index in [-0.39, 0.29) is 11.7 Å². The van der Waals surface area contributed by atoms with Gasteiger partial charge in [0, 0.05) is 57.0 Å². The zero-order chi connectivity index (χ0) is 29.0. The minimum atomic E-state index is -4.45. The molecule has 1 saturated carbocycles. The van der Waals surface area contributed by atoms with E-state index in [1.807, 2.05) is 13.8 Å². The van der Waals surface area contributed by atoms with Crippen molar-refractivity contribution in [2.24, 2.45) is 0 Å². The van der Waals surface area contributed by atoms with E-state index in [0.717, 1.165) is 39.6 Å². The van der Waals surface area contributed by atoms with Crippen molar-refractivity contribution in [3.63, 3.8) is 0 Å². The van der Waals surface area contributed by atoms with Crippen LogP contribution in [-0.2, 0) is 19.0 Å². The molecule has 1 aliphatic carbocycles. The molecule has 0 bridgehead atoms. The number of fused-ring (bicyclic) bond motifs is 1. The number of pyridine rings is 1. The first-order valence-electron chi connectivity index (χ1n) is 13.4. The second-order valence-electron chi connectivity index (χ2n) is 10.6. The summed E-state index contributed by atoms with van der Waals surface area (Å²) in [5, 5.41) is 11.4. The van der Waals surface area contributed by atoms with Gasteiger partial charge in [0.2, 0.25) is 0 Å². The molecule has 11 heteroatoms. The molecule has 3 heterocycles. The van der Waals surface area contributed by atoms with Crippen molar-refractivity contribution in [2.45, 2.75) is 57.5 Å². The van der Waals surface area contributed by atoms with Gasteiger partial charge in [-0.05, 0) is 55.0 Å². The fraction of sp³-hybridized carbons (Fsp3) is 0.448. The van der Waals surface area contributed by atoms with Gasteiger partial charge in [0.05, 0.1) is 11.3 Å². The maximum absolute atomic E-state index is 13.6. The Balaban J connectivity index is 0.000000557. The quantitative estimate of drug-likeness (QED) is 0.372. The molecule has 5 rings (SSSR count). The molecule has 0 radical (unpaired) electrons. The average Bonchev–Trinajstić information content (AvgIpc) is 3.76. The van der Waals surface area contributed by atoms with Gasteiger partial charge in [0.15, 0.2) is 0 Å². The number of benzene rings is 1. The van der Waals surface area contributed by atoms with Crippen LogP contribution in [0.3, 0.4) is 0 Å². The molecule has 1 aliphatic heterocycles. The molecule has 214 valence electrons. The maximum atomic E-state index is 13.6. The summed E-state index contributed by atoms with van der Waals surface area (Å²) in [6, 6.07) is 10.9. The Morgan fingerprint density at radius 3 is 2.30 bits per heavy atom. The van der Waals surface area contributed by atoms with Crippen LogP contribution in [0.1, 0.15) is 66.7 Å². The minimum Gasteiger partial charge on any atom is -0.465 e. The number of amides is 1. The van der Waals surface area contributed by atoms with Gasteiger partial charge in [-0.3, -0.25) is 0 Å². The zero-order valence-electron chi connectivity index (χ0n) is 23.2. The Morgan fingerprint density at radius 2 is 1.73 bits per heavy atom. The predicted molar refractivity (Wildman–Crippen MR) is 148 cm³/mol. The van der Waals surface area contributed by atoms with E-state index >= 15 is 0 Å². The van der Waals surface area contributed by atoms with Crippen molar-refractivity contribution in [3.05, 3.63) is 70.8 Å². The zero-order valence-corrected chi connectivity index (χ0v) is 23.2. The average molecular weight is 557 g/mol. The second kappa shape index (κ2) is 12.1. The minimum absolute atomic E-state index is 0.0231. The Labute approximate surface area is 232 Å². The Hall–Kier alpha value is -3.89. The van der Waals surface area contributed by atoms with E-state index in [9.17, 15) is 18.0 Å². The summed E-state index contributed by atoms with van der Waals surface area (Å²) >= 11 is 0. The van der Waals surface area contributed by atoms with E-state index in [1.54, 1.807) is 4.90 Å². The normalized spacial score (nSPS) is 15.1. The highest BCUT2D eigenvalue weighted by Gasteiger charge is 2.36. The van der Waals surface area contributed by atoms with Gasteiger partial charge in [0.25, 0.3) is 0 Å². The summed E-state index contributed by atoms with van der Waals surface area (Å²) < 4.78 is 40.8. The molecule has 2 N–H and O–H groups in total. The third-order valence-electron chi connectivity index (χ3n) is 6.87. The highest BCUT2D eigenvalue weighted by molar-refractivity contribution is 5.64. The van der Waals surface area contributed by atoms with Crippen molar-refractivity contribution in [2.75, 3.05) is 37.4 Å². The second-order valence-corrected chi connectivity index (χ2v) is 10.6. The fourth-order valence-electron chi connectivity index (χ4n) is 4.45. The van der Waals surface area contributed by atoms with Crippen LogP contribution in [0.5, 0.6) is 0 Å². The van der Waals surface area contributed by atoms with Gasteiger partial charge < -0.3 is 20.2 Å². The molecule has 1 fully saturated rings. The van der Waals surface area contributed by atoms with Crippen LogP contribution in [0.4, 0.5) is 35.3 Å². The summed E-state index contributed by atoms with van der Waals surface area (Å²) in [5.41, 5.74) is 3.46. The standard InChI is InChI=1S/C26H28F3N5.C3H7NO2/c1-16(2)23-32-22-12-15-34(25-21(26(27,28)29)4-3-13-30-25)14-11-20(22)24(33-23)31-19-9-7-18(8-10-19)17-5-6-17;1-4(2)3(5)6/h3-4,7-10,13,16-17H,5-6,11-12,14-15H2,1-2H3,(H,31,32,33);1-2H3,(H,5,6). The van der Waals surface area contributed by atoms with Gasteiger partial charge in [-0.15, -0.1) is 0 Å². The van der Waals surface area contributed by atoms with E-state index in [0.29, 0.717) is 31.8 Å². The third kappa shape index (κ3) is 7.19. The topological polar surface area (TPSA) is 94.5 Å². The lowest BCUT2D eigenvalue weighted by Crippen LogP contribution is -2.29. The number of anilines is 3. The van der Waals surface area contributed by atoms with Gasteiger partial charge in [-0.2, -0.15) is 13.2 Å². The van der Waals surface area contributed by atoms with Gasteiger partial charge in [-0.25, -0.2) is 19.7 Å². The smallest absolute Gasteiger partial charge is 0.419 e. The number of nitrogens with zero attached hydrogens (tertiary/aromatic N) is 5. The first-order chi connectivity index (χ1) is 18.9. The van der Waals surface area contributed by atoms with Crippen LogP contribution in [0.25, 0.3) is 0 Å². The molecule has 40 heavy (non-hydrogen) atoms. The van der Waals surface area contributed by atoms with E-state index in [1.165, 1.54) is 44.8 Å². The molecule has 1 aromatic carbocycles. The molecule has 8 nitrogen and oxygen atoms in total. The molecule has 0 atom stereocenters. The summed E-state index contributed by atoms with van der Waals surface area (Å²) in [4.78, 5) is 26.1. The lowest BCUT2D eigenvalue weighted by Gasteiger charge is -2.24. The van der Waals surface area contributed by atoms with Gasteiger partial charge in [-0.1, -0.05) is 26.0 Å². The number of hydrogen-bond acceptors (Lipinski definition) is 6. The van der Waals surface area contributed by atoms with E-state index in [2.05, 4.69) is 34.6 Å². The van der Waals surface area contributed by atoms with Crippen molar-refractivity contribution in [3.8, 4) is 0 Å². The summed E-state index contributed by atoms with van der Waals surface area (Å²) in [7, 11) is 2.95. The number of nitrogens with one attached hydrogen (secondary N) is 1. The number of carboxylic acid groups (broad SMARTS) is 1. The van der Waals surface area contributed by atoms with Crippen LogP contribution < -0.4 is 10.2 Å². The Morgan fingerprint density at radius 1 is 1.07 bits per heavy atom. The van der Waals surface area contributed by atoms with Gasteiger partial charge in [0.1, 0.15) is 17.5 Å². The van der Waals surface area contributed by atoms with Crippen LogP contribution >= 0.6 is 0 Å². The lowest BCUT2D eigenvalue weighted by atomic mass is 10.1. The molecular formula is C29H35F3N6O2. The first kappa shape index (κ1) is 29.1. The van der Waals surface area contributed by atoms with Crippen LogP contribution in [0, 0.1) is 0 Å². The highest BCUT2D eigenvalue weighted by Crippen LogP contribution is 2.40. The molecule has 2 aromatic heterocycles.